The van der Waals surface area contributed by atoms with Crippen LogP contribution in [0.4, 0.5) is 5.69 Å². The van der Waals surface area contributed by atoms with Gasteiger partial charge >= 0.3 is 0 Å². The van der Waals surface area contributed by atoms with Crippen molar-refractivity contribution in [3.8, 4) is 0 Å². The molecule has 0 saturated heterocycles. The van der Waals surface area contributed by atoms with Crippen molar-refractivity contribution in [1.29, 1.82) is 0 Å². The molecule has 12 heavy (non-hydrogen) atoms. The van der Waals surface area contributed by atoms with Crippen molar-refractivity contribution in [1.82, 2.24) is 0 Å². The van der Waals surface area contributed by atoms with Crippen molar-refractivity contribution < 1.29 is 5.11 Å². The lowest BCUT2D eigenvalue weighted by atomic mass is 10.2. The molecule has 0 saturated carbocycles. The van der Waals surface area contributed by atoms with Gasteiger partial charge in [0.25, 0.3) is 0 Å². The monoisotopic (exact) mass is 185 g/mol. The molecular formula is C9H15NOS. The number of anilines is 1. The quantitative estimate of drug-likeness (QED) is 0.693. The Kier molecular flexibility index (Phi) is 6.61. The highest BCUT2D eigenvalue weighted by Gasteiger charge is 1.86. The van der Waals surface area contributed by atoms with Crippen LogP contribution >= 0.6 is 11.9 Å². The Bertz CT molecular complexity index is 198. The largest absolute Gasteiger partial charge is 0.400 e. The number of nitrogens with one attached hydrogen (secondary N) is 1. The number of hydrogen-bond acceptors (Lipinski definition) is 3. The standard InChI is InChI=1S/C8H11NS.CH4O/c1-7-3-5-8(6-4-7)9-10-2;1-2/h3-6,9H,1-2H3;2H,1H3. The van der Waals surface area contributed by atoms with Crippen molar-refractivity contribution in [3.63, 3.8) is 0 Å². The highest BCUT2D eigenvalue weighted by atomic mass is 32.2. The maximum atomic E-state index is 7.00. The van der Waals surface area contributed by atoms with E-state index in [1.54, 1.807) is 11.9 Å². The van der Waals surface area contributed by atoms with Crippen molar-refractivity contribution in [3.05, 3.63) is 29.8 Å². The molecular weight excluding hydrogens is 170 g/mol. The first-order chi connectivity index (χ1) is 5.83. The van der Waals surface area contributed by atoms with Crippen LogP contribution in [0.25, 0.3) is 0 Å². The second kappa shape index (κ2) is 7.00. The van der Waals surface area contributed by atoms with E-state index < -0.39 is 0 Å². The van der Waals surface area contributed by atoms with Crippen LogP contribution < -0.4 is 4.72 Å². The highest BCUT2D eigenvalue weighted by Crippen LogP contribution is 2.11. The summed E-state index contributed by atoms with van der Waals surface area (Å²) < 4.78 is 3.15. The number of rotatable bonds is 2. The third-order valence-electron chi connectivity index (χ3n) is 1.27. The molecule has 0 aliphatic heterocycles. The van der Waals surface area contributed by atoms with Crippen LogP contribution in [0.5, 0.6) is 0 Å². The fraction of sp³-hybridized carbons (Fsp3) is 0.333. The zero-order valence-corrected chi connectivity index (χ0v) is 8.48. The predicted molar refractivity (Wildman–Crippen MR) is 56.5 cm³/mol. The van der Waals surface area contributed by atoms with Crippen LogP contribution in [0, 0.1) is 6.92 Å². The van der Waals surface area contributed by atoms with Crippen molar-refractivity contribution in [2.75, 3.05) is 18.1 Å². The number of hydrogen-bond donors (Lipinski definition) is 2. The van der Waals surface area contributed by atoms with Gasteiger partial charge in [-0.15, -0.1) is 0 Å². The minimum atomic E-state index is 1.00. The summed E-state index contributed by atoms with van der Waals surface area (Å²) in [4.78, 5) is 0. The summed E-state index contributed by atoms with van der Waals surface area (Å²) in [7, 11) is 1.00. The molecule has 0 aliphatic carbocycles. The number of aliphatic hydroxyl groups excluding tert-OH is 1. The zero-order chi connectivity index (χ0) is 9.40. The molecule has 1 rings (SSSR count). The normalized spacial score (nSPS) is 8.33. The Balaban J connectivity index is 0.000000561. The molecule has 0 aromatic heterocycles. The second-order valence-corrected chi connectivity index (χ2v) is 2.78. The Hall–Kier alpha value is -0.670. The summed E-state index contributed by atoms with van der Waals surface area (Å²) >= 11 is 1.61. The first-order valence-electron chi connectivity index (χ1n) is 3.63. The molecule has 3 heteroatoms. The van der Waals surface area contributed by atoms with E-state index in [2.05, 4.69) is 35.9 Å². The van der Waals surface area contributed by atoms with Crippen LogP contribution in [0.1, 0.15) is 5.56 Å². The molecule has 1 aromatic rings. The van der Waals surface area contributed by atoms with E-state index in [1.807, 2.05) is 6.26 Å². The molecule has 0 fully saturated rings. The average molecular weight is 185 g/mol. The van der Waals surface area contributed by atoms with E-state index in [0.29, 0.717) is 0 Å². The van der Waals surface area contributed by atoms with Crippen molar-refractivity contribution in [2.45, 2.75) is 6.92 Å². The molecule has 0 atom stereocenters. The minimum Gasteiger partial charge on any atom is -0.400 e. The van der Waals surface area contributed by atoms with E-state index in [9.17, 15) is 0 Å². The molecule has 0 radical (unpaired) electrons. The molecule has 0 aliphatic rings. The fourth-order valence-electron chi connectivity index (χ4n) is 0.739. The zero-order valence-electron chi connectivity index (χ0n) is 7.66. The summed E-state index contributed by atoms with van der Waals surface area (Å²) in [5.74, 6) is 0. The summed E-state index contributed by atoms with van der Waals surface area (Å²) in [5.41, 5.74) is 2.46. The van der Waals surface area contributed by atoms with Crippen LogP contribution in [0.3, 0.4) is 0 Å². The van der Waals surface area contributed by atoms with Gasteiger partial charge in [-0.3, -0.25) is 0 Å². The molecule has 0 bridgehead atoms. The summed E-state index contributed by atoms with van der Waals surface area (Å²) in [6.07, 6.45) is 2.01. The fourth-order valence-corrected chi connectivity index (χ4v) is 1.11. The third-order valence-corrected chi connectivity index (χ3v) is 1.71. The van der Waals surface area contributed by atoms with Crippen molar-refractivity contribution in [2.24, 2.45) is 0 Å². The van der Waals surface area contributed by atoms with E-state index in [1.165, 1.54) is 5.56 Å². The van der Waals surface area contributed by atoms with Gasteiger partial charge in [-0.05, 0) is 19.1 Å². The highest BCUT2D eigenvalue weighted by molar-refractivity contribution is 7.99. The van der Waals surface area contributed by atoms with E-state index in [-0.39, 0.29) is 0 Å². The average Bonchev–Trinajstić information content (AvgIpc) is 2.13. The SMILES string of the molecule is CO.CSNc1ccc(C)cc1. The van der Waals surface area contributed by atoms with Crippen LogP contribution in [-0.4, -0.2) is 18.5 Å². The van der Waals surface area contributed by atoms with Crippen LogP contribution in [0.15, 0.2) is 24.3 Å². The van der Waals surface area contributed by atoms with Gasteiger partial charge in [0.05, 0.1) is 0 Å². The minimum absolute atomic E-state index is 1.00. The van der Waals surface area contributed by atoms with Gasteiger partial charge in [0.1, 0.15) is 0 Å². The second-order valence-electron chi connectivity index (χ2n) is 2.17. The number of aliphatic hydroxyl groups is 1. The Labute approximate surface area is 78.1 Å². The van der Waals surface area contributed by atoms with Crippen LogP contribution in [-0.2, 0) is 0 Å². The molecule has 1 aromatic carbocycles. The molecule has 0 spiro atoms. The van der Waals surface area contributed by atoms with Gasteiger partial charge in [-0.1, -0.05) is 29.6 Å². The Morgan fingerprint density at radius 1 is 1.17 bits per heavy atom. The van der Waals surface area contributed by atoms with Gasteiger partial charge in [0, 0.05) is 19.1 Å². The third kappa shape index (κ3) is 4.26. The predicted octanol–water partition coefficient (Wildman–Crippen LogP) is 2.29. The van der Waals surface area contributed by atoms with E-state index in [0.717, 1.165) is 12.8 Å². The molecule has 2 nitrogen and oxygen atoms in total. The van der Waals surface area contributed by atoms with Gasteiger partial charge in [0.15, 0.2) is 0 Å². The summed E-state index contributed by atoms with van der Waals surface area (Å²) in [6.45, 7) is 2.09. The van der Waals surface area contributed by atoms with Crippen molar-refractivity contribution >= 4 is 17.6 Å². The lowest BCUT2D eigenvalue weighted by Crippen LogP contribution is -1.82. The summed E-state index contributed by atoms with van der Waals surface area (Å²) in [6, 6.07) is 8.34. The molecule has 68 valence electrons. The van der Waals surface area contributed by atoms with E-state index >= 15 is 0 Å². The number of aryl methyl sites for hydroxylation is 1. The first-order valence-corrected chi connectivity index (χ1v) is 4.86. The van der Waals surface area contributed by atoms with Gasteiger partial charge in [-0.25, -0.2) is 0 Å². The maximum absolute atomic E-state index is 7.00. The molecule has 2 N–H and O–H groups in total. The molecule has 0 heterocycles. The summed E-state index contributed by atoms with van der Waals surface area (Å²) in [5, 5.41) is 7.00. The van der Waals surface area contributed by atoms with Gasteiger partial charge in [-0.2, -0.15) is 0 Å². The van der Waals surface area contributed by atoms with Gasteiger partial charge in [0.2, 0.25) is 0 Å². The Morgan fingerprint density at radius 3 is 2.08 bits per heavy atom. The maximum Gasteiger partial charge on any atom is 0.0440 e. The molecule has 0 amide bonds. The lowest BCUT2D eigenvalue weighted by Gasteiger charge is -2.00. The first kappa shape index (κ1) is 11.3. The van der Waals surface area contributed by atoms with E-state index in [4.69, 9.17) is 5.11 Å². The topological polar surface area (TPSA) is 32.3 Å². The lowest BCUT2D eigenvalue weighted by molar-refractivity contribution is 0.399. The molecule has 0 unspecified atom stereocenters. The number of benzene rings is 1. The smallest absolute Gasteiger partial charge is 0.0440 e. The van der Waals surface area contributed by atoms with Crippen LogP contribution in [0.2, 0.25) is 0 Å². The Morgan fingerprint density at radius 2 is 1.67 bits per heavy atom. The van der Waals surface area contributed by atoms with Gasteiger partial charge < -0.3 is 9.83 Å².